The smallest absolute Gasteiger partial charge is 0.247 e. The minimum absolute atomic E-state index is 0.235. The van der Waals surface area contributed by atoms with Crippen molar-refractivity contribution in [1.29, 1.82) is 0 Å². The summed E-state index contributed by atoms with van der Waals surface area (Å²) in [6, 6.07) is 0. The van der Waals surface area contributed by atoms with Crippen molar-refractivity contribution >= 4 is 46.0 Å². The number of halogens is 1. The molecular weight excluding hydrogens is 372 g/mol. The Morgan fingerprint density at radius 3 is 2.92 bits per heavy atom. The maximum absolute atomic E-state index is 10.9. The van der Waals surface area contributed by atoms with Gasteiger partial charge in [-0.15, -0.1) is 23.4 Å². The van der Waals surface area contributed by atoms with Crippen LogP contribution in [-0.4, -0.2) is 45.4 Å². The van der Waals surface area contributed by atoms with Gasteiger partial charge in [0.05, 0.1) is 22.8 Å². The molecule has 0 fully saturated rings. The third-order valence-electron chi connectivity index (χ3n) is 2.83. The first kappa shape index (κ1) is 21.7. The summed E-state index contributed by atoms with van der Waals surface area (Å²) in [5.74, 6) is 1.40. The molecule has 2 N–H and O–H groups in total. The predicted molar refractivity (Wildman–Crippen MR) is 112 cm³/mol. The molecule has 140 valence electrons. The average Bonchev–Trinajstić information content (AvgIpc) is 3.06. The van der Waals surface area contributed by atoms with Crippen LogP contribution in [0.4, 0.5) is 5.69 Å². The van der Waals surface area contributed by atoms with Crippen LogP contribution in [-0.2, 0) is 11.8 Å². The molecule has 7 nitrogen and oxygen atoms in total. The lowest BCUT2D eigenvalue weighted by Crippen LogP contribution is -2.12. The molecule has 0 aromatic carbocycles. The van der Waals surface area contributed by atoms with Crippen LogP contribution in [0.5, 0.6) is 0 Å². The van der Waals surface area contributed by atoms with Crippen molar-refractivity contribution in [3.05, 3.63) is 49.5 Å². The van der Waals surface area contributed by atoms with E-state index in [2.05, 4.69) is 32.3 Å². The highest BCUT2D eigenvalue weighted by molar-refractivity contribution is 8.14. The van der Waals surface area contributed by atoms with Crippen LogP contribution in [0.1, 0.15) is 6.42 Å². The number of hydrogen-bond donors (Lipinski definition) is 2. The summed E-state index contributed by atoms with van der Waals surface area (Å²) >= 11 is 7.54. The number of carbonyl (C=O) groups excluding carboxylic acids is 1. The van der Waals surface area contributed by atoms with E-state index in [0.717, 1.165) is 22.9 Å². The molecule has 0 unspecified atom stereocenters. The first-order valence-corrected chi connectivity index (χ1v) is 9.34. The van der Waals surface area contributed by atoms with E-state index >= 15 is 0 Å². The van der Waals surface area contributed by atoms with E-state index in [4.69, 9.17) is 11.6 Å². The third kappa shape index (κ3) is 9.24. The fraction of sp³-hybridized carbons (Fsp3) is 0.294. The molecule has 1 aromatic rings. The second-order valence-electron chi connectivity index (χ2n) is 4.85. The van der Waals surface area contributed by atoms with E-state index in [1.165, 1.54) is 6.08 Å². The predicted octanol–water partition coefficient (Wildman–Crippen LogP) is 2.95. The van der Waals surface area contributed by atoms with Crippen molar-refractivity contribution in [2.45, 2.75) is 6.42 Å². The van der Waals surface area contributed by atoms with Crippen LogP contribution in [0.2, 0.25) is 0 Å². The molecule has 0 bridgehead atoms. The summed E-state index contributed by atoms with van der Waals surface area (Å²) in [6.45, 7) is 3.37. The zero-order valence-corrected chi connectivity index (χ0v) is 16.4. The molecule has 1 rings (SSSR count). The highest BCUT2D eigenvalue weighted by atomic mass is 35.5. The highest BCUT2D eigenvalue weighted by Gasteiger charge is 2.04. The number of amides is 1. The Morgan fingerprint density at radius 1 is 1.50 bits per heavy atom. The summed E-state index contributed by atoms with van der Waals surface area (Å²) in [5, 5.41) is 10.5. The largest absolute Gasteiger partial charge is 0.329 e. The van der Waals surface area contributed by atoms with Gasteiger partial charge in [-0.2, -0.15) is 5.10 Å². The summed E-state index contributed by atoms with van der Waals surface area (Å²) in [5.41, 5.74) is 0.814. The van der Waals surface area contributed by atoms with Gasteiger partial charge in [0.25, 0.3) is 0 Å². The first-order valence-electron chi connectivity index (χ1n) is 7.82. The number of aryl methyl sites for hydroxylation is 1. The molecule has 1 amide bonds. The van der Waals surface area contributed by atoms with Gasteiger partial charge in [-0.3, -0.25) is 14.5 Å². The molecule has 26 heavy (non-hydrogen) atoms. The molecule has 9 heteroatoms. The number of nitrogens with zero attached hydrogens (tertiary/aromatic N) is 4. The van der Waals surface area contributed by atoms with Gasteiger partial charge in [0, 0.05) is 32.2 Å². The topological polar surface area (TPSA) is 83.7 Å². The van der Waals surface area contributed by atoms with Crippen molar-refractivity contribution in [3.63, 3.8) is 0 Å². The number of rotatable bonds is 8. The lowest BCUT2D eigenvalue weighted by atomic mass is 10.4. The van der Waals surface area contributed by atoms with Crippen molar-refractivity contribution in [2.24, 2.45) is 17.0 Å². The van der Waals surface area contributed by atoms with Gasteiger partial charge in [-0.1, -0.05) is 18.7 Å². The molecule has 0 aliphatic carbocycles. The highest BCUT2D eigenvalue weighted by Crippen LogP contribution is 2.10. The number of guanidine groups is 1. The van der Waals surface area contributed by atoms with Crippen molar-refractivity contribution in [2.75, 3.05) is 24.0 Å². The SMILES string of the molecule is C=CC(=O)N/C=C/C=C\CCS/C(CCl)=N/C(=N\C)Nc1cnn(C)c1. The minimum atomic E-state index is -0.235. The molecule has 0 aliphatic rings. The number of aliphatic imine (C=N–C) groups is 2. The Labute approximate surface area is 163 Å². The number of allylic oxidation sites excluding steroid dienone is 3. The molecule has 0 spiro atoms. The van der Waals surface area contributed by atoms with Crippen LogP contribution in [0.15, 0.2) is 59.5 Å². The number of carbonyl (C=O) groups is 1. The average molecular weight is 395 g/mol. The quantitative estimate of drug-likeness (QED) is 0.177. The van der Waals surface area contributed by atoms with E-state index in [-0.39, 0.29) is 5.91 Å². The minimum Gasteiger partial charge on any atom is -0.329 e. The van der Waals surface area contributed by atoms with E-state index < -0.39 is 0 Å². The van der Waals surface area contributed by atoms with E-state index in [1.807, 2.05) is 25.4 Å². The molecule has 0 saturated carbocycles. The van der Waals surface area contributed by atoms with E-state index in [1.54, 1.807) is 42.0 Å². The summed E-state index contributed by atoms with van der Waals surface area (Å²) in [7, 11) is 3.51. The van der Waals surface area contributed by atoms with Crippen LogP contribution in [0, 0.1) is 0 Å². The monoisotopic (exact) mass is 394 g/mol. The normalized spacial score (nSPS) is 12.7. The number of alkyl halides is 1. The van der Waals surface area contributed by atoms with Gasteiger partial charge in [0.1, 0.15) is 0 Å². The third-order valence-corrected chi connectivity index (χ3v) is 4.25. The summed E-state index contributed by atoms with van der Waals surface area (Å²) in [4.78, 5) is 19.5. The van der Waals surface area contributed by atoms with Gasteiger partial charge in [0.15, 0.2) is 0 Å². The van der Waals surface area contributed by atoms with Gasteiger partial charge in [-0.25, -0.2) is 4.99 Å². The number of nitrogens with one attached hydrogen (secondary N) is 2. The lowest BCUT2D eigenvalue weighted by molar-refractivity contribution is -0.115. The molecule has 0 radical (unpaired) electrons. The Kier molecular flexibility index (Phi) is 10.8. The molecule has 0 atom stereocenters. The number of hydrogen-bond acceptors (Lipinski definition) is 4. The van der Waals surface area contributed by atoms with Gasteiger partial charge in [-0.05, 0) is 18.6 Å². The Bertz CT molecular complexity index is 708. The van der Waals surface area contributed by atoms with Crippen molar-refractivity contribution in [3.8, 4) is 0 Å². The molecule has 0 saturated heterocycles. The second-order valence-corrected chi connectivity index (χ2v) is 6.29. The Balaban J connectivity index is 2.41. The molecule has 1 heterocycles. The maximum atomic E-state index is 10.9. The van der Waals surface area contributed by atoms with Crippen molar-refractivity contribution in [1.82, 2.24) is 15.1 Å². The second kappa shape index (κ2) is 13.0. The molecular formula is C17H23ClN6OS. The van der Waals surface area contributed by atoms with Gasteiger partial charge < -0.3 is 10.6 Å². The fourth-order valence-electron chi connectivity index (χ4n) is 1.63. The van der Waals surface area contributed by atoms with E-state index in [0.29, 0.717) is 11.8 Å². The Morgan fingerprint density at radius 2 is 2.31 bits per heavy atom. The standard InChI is InChI=1S/C17H23ClN6OS/c1-4-15(25)20-9-7-5-6-8-10-26-16(11-18)23-17(19-2)22-14-12-21-24(3)13-14/h4-7,9,12-13H,1,8,10-11H2,2-3H3,(H,19,22)(H,20,25)/b6-5-,9-7+,23-16+. The fourth-order valence-corrected chi connectivity index (χ4v) is 2.64. The Hall–Kier alpha value is -2.32. The zero-order chi connectivity index (χ0) is 19.2. The van der Waals surface area contributed by atoms with Crippen LogP contribution < -0.4 is 10.6 Å². The molecule has 0 aliphatic heterocycles. The lowest BCUT2D eigenvalue weighted by Gasteiger charge is -2.05. The first-order chi connectivity index (χ1) is 12.6. The summed E-state index contributed by atoms with van der Waals surface area (Å²) in [6.07, 6.45) is 12.8. The zero-order valence-electron chi connectivity index (χ0n) is 14.9. The maximum Gasteiger partial charge on any atom is 0.247 e. The van der Waals surface area contributed by atoms with Crippen LogP contribution in [0.25, 0.3) is 0 Å². The van der Waals surface area contributed by atoms with Crippen molar-refractivity contribution < 1.29 is 4.79 Å². The van der Waals surface area contributed by atoms with E-state index in [9.17, 15) is 4.79 Å². The number of thioether (sulfide) groups is 1. The van der Waals surface area contributed by atoms with Gasteiger partial charge >= 0.3 is 0 Å². The number of aromatic nitrogens is 2. The van der Waals surface area contributed by atoms with Crippen LogP contribution >= 0.6 is 23.4 Å². The van der Waals surface area contributed by atoms with Crippen LogP contribution in [0.3, 0.4) is 0 Å². The molecule has 1 aromatic heterocycles. The van der Waals surface area contributed by atoms with Gasteiger partial charge in [0.2, 0.25) is 11.9 Å². The number of anilines is 1. The summed E-state index contributed by atoms with van der Waals surface area (Å²) < 4.78 is 1.69.